The van der Waals surface area contributed by atoms with Gasteiger partial charge in [-0.15, -0.1) is 20.4 Å². The summed E-state index contributed by atoms with van der Waals surface area (Å²) in [7, 11) is 0. The van der Waals surface area contributed by atoms with Crippen LogP contribution in [-0.2, 0) is 6.42 Å². The summed E-state index contributed by atoms with van der Waals surface area (Å²) in [4.78, 5) is 3.89. The summed E-state index contributed by atoms with van der Waals surface area (Å²) in [5.41, 5.74) is 2.65. The van der Waals surface area contributed by atoms with Gasteiger partial charge in [-0.3, -0.25) is 4.99 Å². The maximum Gasteiger partial charge on any atom is 0.251 e. The molecule has 0 spiro atoms. The SMILES string of the molecule is C=Nc1ccc(N=Nc2nnc(CCCCC)s2)c(C)c1. The molecule has 0 fully saturated rings. The summed E-state index contributed by atoms with van der Waals surface area (Å²) in [6.45, 7) is 7.67. The lowest BCUT2D eigenvalue weighted by molar-refractivity contribution is 0.710. The molecule has 0 aliphatic rings. The molecule has 0 aliphatic carbocycles. The Balaban J connectivity index is 2.02. The molecule has 1 aromatic heterocycles. The molecule has 21 heavy (non-hydrogen) atoms. The van der Waals surface area contributed by atoms with Crippen LogP contribution in [0.5, 0.6) is 0 Å². The molecule has 5 nitrogen and oxygen atoms in total. The number of rotatable bonds is 7. The normalized spacial score (nSPS) is 11.1. The van der Waals surface area contributed by atoms with Crippen molar-refractivity contribution in [3.63, 3.8) is 0 Å². The zero-order valence-corrected chi connectivity index (χ0v) is 13.2. The van der Waals surface area contributed by atoms with E-state index in [1.165, 1.54) is 24.2 Å². The van der Waals surface area contributed by atoms with E-state index in [2.05, 4.69) is 39.1 Å². The molecule has 0 saturated heterocycles. The first-order valence-electron chi connectivity index (χ1n) is 7.04. The molecule has 0 radical (unpaired) electrons. The predicted molar refractivity (Wildman–Crippen MR) is 87.7 cm³/mol. The fraction of sp³-hybridized carbons (Fsp3) is 0.400. The van der Waals surface area contributed by atoms with Crippen molar-refractivity contribution in [2.24, 2.45) is 15.2 Å². The highest BCUT2D eigenvalue weighted by atomic mass is 32.1. The van der Waals surface area contributed by atoms with E-state index in [0.29, 0.717) is 5.13 Å². The van der Waals surface area contributed by atoms with Crippen LogP contribution < -0.4 is 0 Å². The minimum Gasteiger partial charge on any atom is -0.265 e. The lowest BCUT2D eigenvalue weighted by atomic mass is 10.2. The van der Waals surface area contributed by atoms with E-state index in [4.69, 9.17) is 0 Å². The van der Waals surface area contributed by atoms with E-state index >= 15 is 0 Å². The molecule has 110 valence electrons. The van der Waals surface area contributed by atoms with Gasteiger partial charge in [-0.05, 0) is 43.8 Å². The van der Waals surface area contributed by atoms with Crippen LogP contribution in [0.4, 0.5) is 16.5 Å². The highest BCUT2D eigenvalue weighted by Gasteiger charge is 2.03. The van der Waals surface area contributed by atoms with E-state index in [9.17, 15) is 0 Å². The minimum atomic E-state index is 0.604. The number of hydrogen-bond donors (Lipinski definition) is 0. The number of aryl methyl sites for hydroxylation is 2. The Morgan fingerprint density at radius 3 is 2.76 bits per heavy atom. The Kier molecular flexibility index (Phi) is 5.68. The standard InChI is InChI=1S/C15H19N5S/c1-4-5-6-7-14-18-20-15(21-14)19-17-13-9-8-12(16-3)10-11(13)2/h8-10H,3-7H2,1-2H3. The Hall–Kier alpha value is -1.95. The van der Waals surface area contributed by atoms with Crippen molar-refractivity contribution in [1.29, 1.82) is 0 Å². The maximum absolute atomic E-state index is 4.23. The van der Waals surface area contributed by atoms with Gasteiger partial charge in [-0.2, -0.15) is 0 Å². The van der Waals surface area contributed by atoms with E-state index in [0.717, 1.165) is 34.8 Å². The summed E-state index contributed by atoms with van der Waals surface area (Å²) in [5.74, 6) is 0. The third kappa shape index (κ3) is 4.53. The lowest BCUT2D eigenvalue weighted by Gasteiger charge is -1.99. The second-order valence-electron chi connectivity index (χ2n) is 4.76. The number of unbranched alkanes of at least 4 members (excludes halogenated alkanes) is 2. The quantitative estimate of drug-likeness (QED) is 0.394. The van der Waals surface area contributed by atoms with Gasteiger partial charge in [0.1, 0.15) is 5.01 Å². The van der Waals surface area contributed by atoms with Crippen LogP contribution >= 0.6 is 11.3 Å². The zero-order valence-electron chi connectivity index (χ0n) is 12.4. The van der Waals surface area contributed by atoms with Crippen molar-refractivity contribution < 1.29 is 0 Å². The number of aliphatic imine (C=N–C) groups is 1. The molecule has 0 N–H and O–H groups in total. The Morgan fingerprint density at radius 1 is 1.19 bits per heavy atom. The number of hydrogen-bond acceptors (Lipinski definition) is 6. The lowest BCUT2D eigenvalue weighted by Crippen LogP contribution is -1.83. The molecular weight excluding hydrogens is 282 g/mol. The summed E-state index contributed by atoms with van der Waals surface area (Å²) in [6, 6.07) is 5.67. The summed E-state index contributed by atoms with van der Waals surface area (Å²) >= 11 is 1.50. The number of aromatic nitrogens is 2. The topological polar surface area (TPSA) is 62.9 Å². The number of nitrogens with zero attached hydrogens (tertiary/aromatic N) is 5. The van der Waals surface area contributed by atoms with Gasteiger partial charge in [-0.1, -0.05) is 31.1 Å². The Labute approximate surface area is 128 Å². The van der Waals surface area contributed by atoms with Crippen molar-refractivity contribution in [2.75, 3.05) is 0 Å². The fourth-order valence-corrected chi connectivity index (χ4v) is 2.56. The molecule has 1 aromatic carbocycles. The van der Waals surface area contributed by atoms with Crippen molar-refractivity contribution in [3.8, 4) is 0 Å². The molecule has 0 amide bonds. The number of benzene rings is 1. The molecule has 0 saturated carbocycles. The monoisotopic (exact) mass is 301 g/mol. The molecule has 6 heteroatoms. The van der Waals surface area contributed by atoms with Crippen LogP contribution in [0.1, 0.15) is 36.8 Å². The fourth-order valence-electron chi connectivity index (χ4n) is 1.86. The molecular formula is C15H19N5S. The maximum atomic E-state index is 4.23. The van der Waals surface area contributed by atoms with Gasteiger partial charge in [0, 0.05) is 6.42 Å². The van der Waals surface area contributed by atoms with Gasteiger partial charge in [0.05, 0.1) is 11.4 Å². The van der Waals surface area contributed by atoms with E-state index in [1.54, 1.807) is 0 Å². The van der Waals surface area contributed by atoms with E-state index in [-0.39, 0.29) is 0 Å². The van der Waals surface area contributed by atoms with Crippen LogP contribution in [0.3, 0.4) is 0 Å². The summed E-state index contributed by atoms with van der Waals surface area (Å²) < 4.78 is 0. The smallest absolute Gasteiger partial charge is 0.251 e. The molecule has 0 unspecified atom stereocenters. The van der Waals surface area contributed by atoms with Crippen molar-refractivity contribution >= 4 is 34.6 Å². The first-order chi connectivity index (χ1) is 10.2. The third-order valence-electron chi connectivity index (χ3n) is 3.06. The van der Waals surface area contributed by atoms with Crippen LogP contribution in [0.15, 0.2) is 33.4 Å². The average molecular weight is 301 g/mol. The molecule has 0 atom stereocenters. The van der Waals surface area contributed by atoms with Crippen molar-refractivity contribution in [2.45, 2.75) is 39.5 Å². The van der Waals surface area contributed by atoms with Crippen molar-refractivity contribution in [3.05, 3.63) is 28.8 Å². The second kappa shape index (κ2) is 7.73. The van der Waals surface area contributed by atoms with Gasteiger partial charge in [0.2, 0.25) is 0 Å². The Morgan fingerprint density at radius 2 is 2.05 bits per heavy atom. The van der Waals surface area contributed by atoms with Crippen molar-refractivity contribution in [1.82, 2.24) is 10.2 Å². The van der Waals surface area contributed by atoms with Gasteiger partial charge in [-0.25, -0.2) is 0 Å². The highest BCUT2D eigenvalue weighted by molar-refractivity contribution is 7.14. The summed E-state index contributed by atoms with van der Waals surface area (Å²) in [6.07, 6.45) is 4.55. The highest BCUT2D eigenvalue weighted by Crippen LogP contribution is 2.27. The van der Waals surface area contributed by atoms with Crippen LogP contribution in [0.25, 0.3) is 0 Å². The Bertz CT molecular complexity index is 633. The second-order valence-corrected chi connectivity index (χ2v) is 5.80. The average Bonchev–Trinajstić information content (AvgIpc) is 2.94. The minimum absolute atomic E-state index is 0.604. The third-order valence-corrected chi connectivity index (χ3v) is 3.92. The summed E-state index contributed by atoms with van der Waals surface area (Å²) in [5, 5.41) is 18.2. The first-order valence-corrected chi connectivity index (χ1v) is 7.86. The van der Waals surface area contributed by atoms with Crippen LogP contribution in [0.2, 0.25) is 0 Å². The molecule has 2 aromatic rings. The first kappa shape index (κ1) is 15.4. The molecule has 0 aliphatic heterocycles. The van der Waals surface area contributed by atoms with E-state index in [1.807, 2.05) is 25.1 Å². The van der Waals surface area contributed by atoms with Gasteiger partial charge in [0.15, 0.2) is 0 Å². The van der Waals surface area contributed by atoms with Crippen LogP contribution in [-0.4, -0.2) is 16.9 Å². The predicted octanol–water partition coefficient (Wildman–Crippen LogP) is 5.33. The van der Waals surface area contributed by atoms with Gasteiger partial charge in [0.25, 0.3) is 5.13 Å². The van der Waals surface area contributed by atoms with Gasteiger partial charge < -0.3 is 0 Å². The van der Waals surface area contributed by atoms with Gasteiger partial charge >= 0.3 is 0 Å². The molecule has 1 heterocycles. The largest absolute Gasteiger partial charge is 0.265 e. The molecule has 2 rings (SSSR count). The zero-order chi connectivity index (χ0) is 15.1. The number of azo groups is 1. The molecule has 0 bridgehead atoms. The van der Waals surface area contributed by atoms with E-state index < -0.39 is 0 Å². The van der Waals surface area contributed by atoms with Crippen LogP contribution in [0, 0.1) is 6.92 Å².